The molecule has 2 bridgehead atoms. The molecular weight excluding hydrogens is 184 g/mol. The highest BCUT2D eigenvalue weighted by Crippen LogP contribution is 2.53. The van der Waals surface area contributed by atoms with E-state index in [-0.39, 0.29) is 6.10 Å². The van der Waals surface area contributed by atoms with Gasteiger partial charge in [0.15, 0.2) is 0 Å². The summed E-state index contributed by atoms with van der Waals surface area (Å²) in [5, 5.41) is 0. The van der Waals surface area contributed by atoms with Gasteiger partial charge in [0.25, 0.3) is 0 Å². The number of esters is 2. The molecule has 14 heavy (non-hydrogen) atoms. The van der Waals surface area contributed by atoms with Crippen LogP contribution in [0.5, 0.6) is 0 Å². The van der Waals surface area contributed by atoms with Crippen LogP contribution in [0.3, 0.4) is 0 Å². The van der Waals surface area contributed by atoms with Gasteiger partial charge in [-0.25, -0.2) is 0 Å². The standard InChI is InChI=1S/C10H10O4/c1-4-3-5-6-7(10(4,2)14-5)9(12)13-8(6)11/h3,5-7H,1-2H3/t5-,6-,7+,10+/m1/s1. The van der Waals surface area contributed by atoms with Crippen LogP contribution < -0.4 is 0 Å². The minimum Gasteiger partial charge on any atom is -0.393 e. The van der Waals surface area contributed by atoms with Crippen molar-refractivity contribution in [1.29, 1.82) is 0 Å². The van der Waals surface area contributed by atoms with Crippen LogP contribution in [0.4, 0.5) is 0 Å². The van der Waals surface area contributed by atoms with Gasteiger partial charge in [0.2, 0.25) is 0 Å². The van der Waals surface area contributed by atoms with Gasteiger partial charge in [-0.05, 0) is 19.4 Å². The number of hydrogen-bond donors (Lipinski definition) is 0. The molecule has 0 aliphatic carbocycles. The Labute approximate surface area is 80.9 Å². The highest BCUT2D eigenvalue weighted by atomic mass is 16.6. The SMILES string of the molecule is CC1=C[C@H]2O[C@]1(C)[C@@H]1C(=O)OC(=O)[C@@H]12. The highest BCUT2D eigenvalue weighted by molar-refractivity contribution is 5.99. The summed E-state index contributed by atoms with van der Waals surface area (Å²) >= 11 is 0. The Morgan fingerprint density at radius 3 is 2.79 bits per heavy atom. The maximum absolute atomic E-state index is 11.5. The molecule has 0 unspecified atom stereocenters. The Morgan fingerprint density at radius 2 is 2.07 bits per heavy atom. The van der Waals surface area contributed by atoms with E-state index in [1.165, 1.54) is 0 Å². The molecule has 3 rings (SSSR count). The van der Waals surface area contributed by atoms with Crippen molar-refractivity contribution in [3.8, 4) is 0 Å². The molecule has 0 aromatic rings. The highest BCUT2D eigenvalue weighted by Gasteiger charge is 2.66. The van der Waals surface area contributed by atoms with Crippen LogP contribution >= 0.6 is 0 Å². The van der Waals surface area contributed by atoms with E-state index in [2.05, 4.69) is 4.74 Å². The summed E-state index contributed by atoms with van der Waals surface area (Å²) in [4.78, 5) is 22.8. The van der Waals surface area contributed by atoms with Gasteiger partial charge in [-0.3, -0.25) is 9.59 Å². The Hall–Kier alpha value is -1.16. The van der Waals surface area contributed by atoms with Gasteiger partial charge < -0.3 is 9.47 Å². The summed E-state index contributed by atoms with van der Waals surface area (Å²) in [5.74, 6) is -1.70. The van der Waals surface area contributed by atoms with Crippen molar-refractivity contribution in [2.45, 2.75) is 25.6 Å². The van der Waals surface area contributed by atoms with Gasteiger partial charge in [0.05, 0.1) is 6.10 Å². The fourth-order valence-electron chi connectivity index (χ4n) is 2.72. The van der Waals surface area contributed by atoms with E-state index in [1.807, 2.05) is 19.9 Å². The molecule has 0 radical (unpaired) electrons. The first-order valence-corrected chi connectivity index (χ1v) is 4.66. The summed E-state index contributed by atoms with van der Waals surface area (Å²) < 4.78 is 10.3. The third-order valence-corrected chi connectivity index (χ3v) is 3.61. The van der Waals surface area contributed by atoms with E-state index in [4.69, 9.17) is 4.74 Å². The van der Waals surface area contributed by atoms with Crippen molar-refractivity contribution < 1.29 is 19.1 Å². The molecule has 0 aromatic heterocycles. The third-order valence-electron chi connectivity index (χ3n) is 3.61. The van der Waals surface area contributed by atoms with E-state index >= 15 is 0 Å². The largest absolute Gasteiger partial charge is 0.393 e. The van der Waals surface area contributed by atoms with Gasteiger partial charge in [0, 0.05) is 0 Å². The third kappa shape index (κ3) is 0.661. The van der Waals surface area contributed by atoms with Crippen molar-refractivity contribution in [3.63, 3.8) is 0 Å². The molecule has 3 aliphatic heterocycles. The van der Waals surface area contributed by atoms with Crippen molar-refractivity contribution >= 4 is 11.9 Å². The van der Waals surface area contributed by atoms with Crippen molar-refractivity contribution in [3.05, 3.63) is 11.6 Å². The van der Waals surface area contributed by atoms with E-state index in [0.717, 1.165) is 5.57 Å². The number of carbonyl (C=O) groups is 2. The molecule has 2 fully saturated rings. The monoisotopic (exact) mass is 194 g/mol. The van der Waals surface area contributed by atoms with Gasteiger partial charge in [-0.2, -0.15) is 0 Å². The molecule has 0 aromatic carbocycles. The first-order chi connectivity index (χ1) is 6.54. The molecule has 3 heterocycles. The number of fused-ring (bicyclic) bond motifs is 5. The molecule has 3 aliphatic rings. The summed E-state index contributed by atoms with van der Waals surface area (Å²) in [6.45, 7) is 3.77. The van der Waals surface area contributed by atoms with Gasteiger partial charge >= 0.3 is 11.9 Å². The lowest BCUT2D eigenvalue weighted by Gasteiger charge is -2.26. The predicted octanol–water partition coefficient (Wildman–Crippen LogP) is 0.420. The molecule has 0 amide bonds. The van der Waals surface area contributed by atoms with Crippen LogP contribution in [0.15, 0.2) is 11.6 Å². The number of hydrogen-bond acceptors (Lipinski definition) is 4. The minimum absolute atomic E-state index is 0.260. The zero-order valence-corrected chi connectivity index (χ0v) is 7.94. The Balaban J connectivity index is 2.15. The average Bonchev–Trinajstić information content (AvgIpc) is 2.62. The molecule has 4 heteroatoms. The molecule has 0 spiro atoms. The fraction of sp³-hybridized carbons (Fsp3) is 0.600. The Bertz CT molecular complexity index is 384. The molecule has 0 saturated carbocycles. The van der Waals surface area contributed by atoms with E-state index in [0.29, 0.717) is 0 Å². The Morgan fingerprint density at radius 1 is 1.36 bits per heavy atom. The summed E-state index contributed by atoms with van der Waals surface area (Å²) in [7, 11) is 0. The zero-order chi connectivity index (χ0) is 10.1. The van der Waals surface area contributed by atoms with Gasteiger partial charge in [-0.1, -0.05) is 6.08 Å². The topological polar surface area (TPSA) is 52.6 Å². The van der Waals surface area contributed by atoms with Crippen LogP contribution in [0.2, 0.25) is 0 Å². The summed E-state index contributed by atoms with van der Waals surface area (Å²) in [6.07, 6.45) is 1.66. The number of carbonyl (C=O) groups excluding carboxylic acids is 2. The second-order valence-corrected chi connectivity index (χ2v) is 4.28. The lowest BCUT2D eigenvalue weighted by Crippen LogP contribution is -2.37. The van der Waals surface area contributed by atoms with E-state index in [9.17, 15) is 9.59 Å². The maximum Gasteiger partial charge on any atom is 0.320 e. The summed E-state index contributed by atoms with van der Waals surface area (Å²) in [6, 6.07) is 0. The smallest absolute Gasteiger partial charge is 0.320 e. The lowest BCUT2D eigenvalue weighted by atomic mass is 9.74. The maximum atomic E-state index is 11.5. The zero-order valence-electron chi connectivity index (χ0n) is 7.94. The van der Waals surface area contributed by atoms with Crippen molar-refractivity contribution in [1.82, 2.24) is 0 Å². The number of rotatable bonds is 0. The molecule has 4 atom stereocenters. The minimum atomic E-state index is -0.613. The second-order valence-electron chi connectivity index (χ2n) is 4.28. The predicted molar refractivity (Wildman–Crippen MR) is 45.1 cm³/mol. The molecule has 4 nitrogen and oxygen atoms in total. The molecule has 74 valence electrons. The normalized spacial score (nSPS) is 49.3. The average molecular weight is 194 g/mol. The molecule has 0 N–H and O–H groups in total. The number of ether oxygens (including phenoxy) is 2. The lowest BCUT2D eigenvalue weighted by molar-refractivity contribution is -0.158. The second kappa shape index (κ2) is 2.08. The van der Waals surface area contributed by atoms with Crippen LogP contribution in [-0.2, 0) is 19.1 Å². The Kier molecular flexibility index (Phi) is 1.22. The quantitative estimate of drug-likeness (QED) is 0.318. The molecule has 2 saturated heterocycles. The molecular formula is C10H10O4. The first-order valence-electron chi connectivity index (χ1n) is 4.66. The van der Waals surface area contributed by atoms with E-state index in [1.54, 1.807) is 0 Å². The van der Waals surface area contributed by atoms with Crippen LogP contribution in [0.25, 0.3) is 0 Å². The van der Waals surface area contributed by atoms with Crippen LogP contribution in [-0.4, -0.2) is 23.6 Å². The summed E-state index contributed by atoms with van der Waals surface area (Å²) in [5.41, 5.74) is 0.411. The first kappa shape index (κ1) is 8.17. The van der Waals surface area contributed by atoms with Crippen LogP contribution in [0.1, 0.15) is 13.8 Å². The van der Waals surface area contributed by atoms with Crippen LogP contribution in [0, 0.1) is 11.8 Å². The number of cyclic esters (lactones) is 2. The van der Waals surface area contributed by atoms with E-state index < -0.39 is 29.4 Å². The van der Waals surface area contributed by atoms with Crippen molar-refractivity contribution in [2.24, 2.45) is 11.8 Å². The van der Waals surface area contributed by atoms with Gasteiger partial charge in [0.1, 0.15) is 17.4 Å². The van der Waals surface area contributed by atoms with Gasteiger partial charge in [-0.15, -0.1) is 0 Å². The van der Waals surface area contributed by atoms with Crippen molar-refractivity contribution in [2.75, 3.05) is 0 Å². The fourth-order valence-corrected chi connectivity index (χ4v) is 2.72.